The van der Waals surface area contributed by atoms with Crippen LogP contribution in [0.2, 0.25) is 0 Å². The van der Waals surface area contributed by atoms with Gasteiger partial charge >= 0.3 is 0 Å². The summed E-state index contributed by atoms with van der Waals surface area (Å²) >= 11 is 0. The molecule has 1 saturated heterocycles. The van der Waals surface area contributed by atoms with Gasteiger partial charge in [-0.2, -0.15) is 15.0 Å². The maximum absolute atomic E-state index is 12.4. The number of aromatic nitrogens is 4. The molecule has 1 fully saturated rings. The lowest BCUT2D eigenvalue weighted by Crippen LogP contribution is -2.39. The molecule has 7 nitrogen and oxygen atoms in total. The summed E-state index contributed by atoms with van der Waals surface area (Å²) in [4.78, 5) is 20.1. The molecule has 0 N–H and O–H groups in total. The van der Waals surface area contributed by atoms with Crippen molar-refractivity contribution in [2.24, 2.45) is 0 Å². The molecular formula is C14H17N5O2. The van der Waals surface area contributed by atoms with Crippen LogP contribution in [0.1, 0.15) is 29.2 Å². The highest BCUT2D eigenvalue weighted by atomic mass is 16.5. The lowest BCUT2D eigenvalue weighted by Gasteiger charge is -2.31. The van der Waals surface area contributed by atoms with Gasteiger partial charge in [0.1, 0.15) is 0 Å². The van der Waals surface area contributed by atoms with E-state index in [2.05, 4.69) is 15.2 Å². The predicted molar refractivity (Wildman–Crippen MR) is 75.0 cm³/mol. The first-order valence-electron chi connectivity index (χ1n) is 6.93. The summed E-state index contributed by atoms with van der Waals surface area (Å²) in [5.74, 6) is 0.520. The average molecular weight is 287 g/mol. The highest BCUT2D eigenvalue weighted by molar-refractivity contribution is 5.94. The molecule has 2 aromatic heterocycles. The minimum atomic E-state index is 0.0111. The number of ether oxygens (including phenoxy) is 1. The number of piperidine rings is 1. The molecule has 7 heteroatoms. The van der Waals surface area contributed by atoms with Crippen molar-refractivity contribution in [3.63, 3.8) is 0 Å². The standard InChI is InChI=1S/C14H17N5O2/c1-21-13-3-2-11(10-15-13)14(20)18-8-4-12(5-9-18)19-16-6-7-17-19/h2-3,6-7,10,12H,4-5,8-9H2,1H3. The molecule has 0 saturated carbocycles. The maximum atomic E-state index is 12.4. The molecule has 110 valence electrons. The van der Waals surface area contributed by atoms with Gasteiger partial charge in [0.15, 0.2) is 0 Å². The van der Waals surface area contributed by atoms with E-state index in [1.807, 2.05) is 4.90 Å². The first-order chi connectivity index (χ1) is 10.3. The molecule has 3 heterocycles. The smallest absolute Gasteiger partial charge is 0.255 e. The lowest BCUT2D eigenvalue weighted by atomic mass is 10.0. The second kappa shape index (κ2) is 5.90. The Balaban J connectivity index is 1.62. The van der Waals surface area contributed by atoms with E-state index in [0.717, 1.165) is 12.8 Å². The van der Waals surface area contributed by atoms with Crippen molar-refractivity contribution in [1.29, 1.82) is 0 Å². The van der Waals surface area contributed by atoms with E-state index in [-0.39, 0.29) is 11.9 Å². The number of methoxy groups -OCH3 is 1. The van der Waals surface area contributed by atoms with Gasteiger partial charge in [0.25, 0.3) is 5.91 Å². The Morgan fingerprint density at radius 1 is 1.24 bits per heavy atom. The summed E-state index contributed by atoms with van der Waals surface area (Å²) in [6, 6.07) is 3.72. The Labute approximate surface area is 122 Å². The normalized spacial score (nSPS) is 16.0. The fraction of sp³-hybridized carbons (Fsp3) is 0.429. The molecule has 1 aliphatic rings. The predicted octanol–water partition coefficient (Wildman–Crippen LogP) is 1.16. The molecular weight excluding hydrogens is 270 g/mol. The SMILES string of the molecule is COc1ccc(C(=O)N2CCC(n3nccn3)CC2)cn1. The fourth-order valence-corrected chi connectivity index (χ4v) is 2.52. The molecule has 0 radical (unpaired) electrons. The third-order valence-corrected chi connectivity index (χ3v) is 3.71. The molecule has 0 unspecified atom stereocenters. The summed E-state index contributed by atoms with van der Waals surface area (Å²) in [6.07, 6.45) is 6.65. The zero-order chi connectivity index (χ0) is 14.7. The van der Waals surface area contributed by atoms with E-state index in [0.29, 0.717) is 24.5 Å². The zero-order valence-corrected chi connectivity index (χ0v) is 11.8. The Hall–Kier alpha value is -2.44. The zero-order valence-electron chi connectivity index (χ0n) is 11.8. The number of likely N-dealkylation sites (tertiary alicyclic amines) is 1. The van der Waals surface area contributed by atoms with Gasteiger partial charge in [-0.1, -0.05) is 0 Å². The molecule has 1 aliphatic heterocycles. The first-order valence-corrected chi connectivity index (χ1v) is 6.93. The number of carbonyl (C=O) groups is 1. The Bertz CT molecular complexity index is 588. The summed E-state index contributed by atoms with van der Waals surface area (Å²) < 4.78 is 5.00. The van der Waals surface area contributed by atoms with Crippen LogP contribution in [0.25, 0.3) is 0 Å². The van der Waals surface area contributed by atoms with E-state index in [4.69, 9.17) is 4.74 Å². The average Bonchev–Trinajstić information content (AvgIpc) is 3.09. The van der Waals surface area contributed by atoms with Crippen LogP contribution >= 0.6 is 0 Å². The van der Waals surface area contributed by atoms with E-state index in [9.17, 15) is 4.79 Å². The van der Waals surface area contributed by atoms with E-state index in [1.165, 1.54) is 0 Å². The second-order valence-corrected chi connectivity index (χ2v) is 4.96. The Morgan fingerprint density at radius 2 is 1.95 bits per heavy atom. The largest absolute Gasteiger partial charge is 0.481 e. The van der Waals surface area contributed by atoms with Gasteiger partial charge in [-0.15, -0.1) is 0 Å². The number of nitrogens with zero attached hydrogens (tertiary/aromatic N) is 5. The molecule has 0 aliphatic carbocycles. The van der Waals surface area contributed by atoms with E-state index >= 15 is 0 Å². The van der Waals surface area contributed by atoms with Crippen LogP contribution in [0.5, 0.6) is 5.88 Å². The fourth-order valence-electron chi connectivity index (χ4n) is 2.52. The highest BCUT2D eigenvalue weighted by Crippen LogP contribution is 2.22. The van der Waals surface area contributed by atoms with E-state index < -0.39 is 0 Å². The van der Waals surface area contributed by atoms with Crippen LogP contribution in [0.15, 0.2) is 30.7 Å². The van der Waals surface area contributed by atoms with Crippen molar-refractivity contribution in [3.8, 4) is 5.88 Å². The van der Waals surface area contributed by atoms with Crippen LogP contribution in [-0.2, 0) is 0 Å². The maximum Gasteiger partial charge on any atom is 0.255 e. The van der Waals surface area contributed by atoms with Crippen LogP contribution in [0, 0.1) is 0 Å². The topological polar surface area (TPSA) is 73.1 Å². The van der Waals surface area contributed by atoms with Gasteiger partial charge in [-0.3, -0.25) is 4.79 Å². The van der Waals surface area contributed by atoms with Crippen LogP contribution in [0.4, 0.5) is 0 Å². The van der Waals surface area contributed by atoms with E-state index in [1.54, 1.807) is 42.6 Å². The third-order valence-electron chi connectivity index (χ3n) is 3.71. The lowest BCUT2D eigenvalue weighted by molar-refractivity contribution is 0.0683. The molecule has 0 bridgehead atoms. The highest BCUT2D eigenvalue weighted by Gasteiger charge is 2.25. The summed E-state index contributed by atoms with van der Waals surface area (Å²) in [7, 11) is 1.55. The van der Waals surface area contributed by atoms with Gasteiger partial charge in [0.05, 0.1) is 31.1 Å². The van der Waals surface area contributed by atoms with Gasteiger partial charge < -0.3 is 9.64 Å². The minimum absolute atomic E-state index is 0.0111. The molecule has 1 amide bonds. The molecule has 3 rings (SSSR count). The molecule has 0 aromatic carbocycles. The van der Waals surface area contributed by atoms with Crippen LogP contribution in [0.3, 0.4) is 0 Å². The number of hydrogen-bond acceptors (Lipinski definition) is 5. The number of pyridine rings is 1. The van der Waals surface area contributed by atoms with Crippen molar-refractivity contribution >= 4 is 5.91 Å². The van der Waals surface area contributed by atoms with Crippen molar-refractivity contribution in [3.05, 3.63) is 36.3 Å². The van der Waals surface area contributed by atoms with Crippen LogP contribution < -0.4 is 4.74 Å². The number of amides is 1. The second-order valence-electron chi connectivity index (χ2n) is 4.96. The monoisotopic (exact) mass is 287 g/mol. The number of hydrogen-bond donors (Lipinski definition) is 0. The van der Waals surface area contributed by atoms with Gasteiger partial charge in [0, 0.05) is 25.4 Å². The summed E-state index contributed by atoms with van der Waals surface area (Å²) in [5, 5.41) is 8.33. The Morgan fingerprint density at radius 3 is 2.52 bits per heavy atom. The van der Waals surface area contributed by atoms with Crippen molar-refractivity contribution in [2.45, 2.75) is 18.9 Å². The third kappa shape index (κ3) is 2.86. The number of rotatable bonds is 3. The van der Waals surface area contributed by atoms with Crippen molar-refractivity contribution in [2.75, 3.05) is 20.2 Å². The molecule has 21 heavy (non-hydrogen) atoms. The Kier molecular flexibility index (Phi) is 3.81. The van der Waals surface area contributed by atoms with Crippen molar-refractivity contribution < 1.29 is 9.53 Å². The summed E-state index contributed by atoms with van der Waals surface area (Å²) in [5.41, 5.74) is 0.589. The summed E-state index contributed by atoms with van der Waals surface area (Å²) in [6.45, 7) is 1.41. The molecule has 0 spiro atoms. The minimum Gasteiger partial charge on any atom is -0.481 e. The van der Waals surface area contributed by atoms with Crippen molar-refractivity contribution in [1.82, 2.24) is 24.9 Å². The quantitative estimate of drug-likeness (QED) is 0.847. The van der Waals surface area contributed by atoms with Gasteiger partial charge in [0.2, 0.25) is 5.88 Å². The van der Waals surface area contributed by atoms with Gasteiger partial charge in [-0.25, -0.2) is 4.98 Å². The van der Waals surface area contributed by atoms with Crippen LogP contribution in [-0.4, -0.2) is 51.0 Å². The molecule has 0 atom stereocenters. The first kappa shape index (κ1) is 13.5. The molecule has 2 aromatic rings. The van der Waals surface area contributed by atoms with Gasteiger partial charge in [-0.05, 0) is 18.9 Å². The number of carbonyl (C=O) groups excluding carboxylic acids is 1.